The van der Waals surface area contributed by atoms with Gasteiger partial charge in [0, 0.05) is 5.92 Å². The van der Waals surface area contributed by atoms with Crippen LogP contribution in [-0.2, 0) is 9.53 Å². The van der Waals surface area contributed by atoms with Gasteiger partial charge in [-0.3, -0.25) is 4.79 Å². The van der Waals surface area contributed by atoms with Gasteiger partial charge in [-0.15, -0.1) is 0 Å². The van der Waals surface area contributed by atoms with Crippen molar-refractivity contribution in [3.05, 3.63) is 24.3 Å². The Labute approximate surface area is 90.0 Å². The van der Waals surface area contributed by atoms with Crippen molar-refractivity contribution in [3.8, 4) is 6.07 Å². The lowest BCUT2D eigenvalue weighted by Gasteiger charge is -2.27. The number of hydrogen-bond donors (Lipinski definition) is 0. The van der Waals surface area contributed by atoms with E-state index in [0.717, 1.165) is 0 Å². The van der Waals surface area contributed by atoms with Crippen LogP contribution in [0.4, 0.5) is 0 Å². The van der Waals surface area contributed by atoms with Gasteiger partial charge in [0.2, 0.25) is 0 Å². The van der Waals surface area contributed by atoms with E-state index in [-0.39, 0.29) is 18.3 Å². The summed E-state index contributed by atoms with van der Waals surface area (Å²) in [6.07, 6.45) is 7.68. The maximum atomic E-state index is 11.3. The number of nitrogens with zero attached hydrogens (tertiary/aromatic N) is 1. The molecule has 0 radical (unpaired) electrons. The maximum Gasteiger partial charge on any atom is 0.306 e. The summed E-state index contributed by atoms with van der Waals surface area (Å²) in [5, 5.41) is 9.08. The lowest BCUT2D eigenvalue weighted by molar-refractivity contribution is -0.144. The average molecular weight is 205 g/mol. The molecule has 1 aliphatic rings. The van der Waals surface area contributed by atoms with Crippen LogP contribution in [0.5, 0.6) is 0 Å². The minimum absolute atomic E-state index is 0.0912. The second-order valence-corrected chi connectivity index (χ2v) is 3.75. The largest absolute Gasteiger partial charge is 0.466 e. The fourth-order valence-corrected chi connectivity index (χ4v) is 1.58. The summed E-state index contributed by atoms with van der Waals surface area (Å²) in [5.41, 5.74) is -0.596. The SMILES string of the molecule is CCOC(=O)CC1C=CC=CC1(C)C#N. The van der Waals surface area contributed by atoms with Crippen LogP contribution in [0.15, 0.2) is 24.3 Å². The van der Waals surface area contributed by atoms with E-state index in [9.17, 15) is 4.79 Å². The molecule has 0 fully saturated rings. The second-order valence-electron chi connectivity index (χ2n) is 3.75. The van der Waals surface area contributed by atoms with E-state index in [1.807, 2.05) is 31.2 Å². The molecule has 15 heavy (non-hydrogen) atoms. The minimum atomic E-state index is -0.596. The molecule has 0 aliphatic heterocycles. The number of esters is 1. The van der Waals surface area contributed by atoms with E-state index < -0.39 is 5.41 Å². The zero-order valence-corrected chi connectivity index (χ0v) is 9.06. The standard InChI is InChI=1S/C12H15NO2/c1-3-15-11(14)8-10-6-4-5-7-12(10,2)9-13/h4-7,10H,3,8H2,1-2H3. The van der Waals surface area contributed by atoms with Crippen molar-refractivity contribution in [2.24, 2.45) is 11.3 Å². The van der Waals surface area contributed by atoms with Crippen LogP contribution < -0.4 is 0 Å². The number of carbonyl (C=O) groups excluding carboxylic acids is 1. The highest BCUT2D eigenvalue weighted by atomic mass is 16.5. The summed E-state index contributed by atoms with van der Waals surface area (Å²) in [6.45, 7) is 3.99. The Morgan fingerprint density at radius 2 is 2.33 bits per heavy atom. The van der Waals surface area contributed by atoms with Crippen molar-refractivity contribution in [1.29, 1.82) is 5.26 Å². The molecule has 0 aromatic carbocycles. The molecule has 0 saturated carbocycles. The van der Waals surface area contributed by atoms with Crippen molar-refractivity contribution < 1.29 is 9.53 Å². The number of ether oxygens (including phenoxy) is 1. The normalized spacial score (nSPS) is 28.5. The molecule has 0 aromatic rings. The molecule has 3 heteroatoms. The predicted molar refractivity (Wildman–Crippen MR) is 56.7 cm³/mol. The average Bonchev–Trinajstić information content (AvgIpc) is 2.22. The number of allylic oxidation sites excluding steroid dienone is 4. The van der Waals surface area contributed by atoms with E-state index in [2.05, 4.69) is 6.07 Å². The number of hydrogen-bond acceptors (Lipinski definition) is 3. The Morgan fingerprint density at radius 3 is 2.93 bits per heavy atom. The van der Waals surface area contributed by atoms with Gasteiger partial charge in [0.1, 0.15) is 0 Å². The third kappa shape index (κ3) is 2.69. The Hall–Kier alpha value is -1.56. The molecule has 2 atom stereocenters. The van der Waals surface area contributed by atoms with Crippen molar-refractivity contribution in [2.75, 3.05) is 6.61 Å². The molecule has 0 spiro atoms. The molecule has 3 nitrogen and oxygen atoms in total. The molecular weight excluding hydrogens is 190 g/mol. The van der Waals surface area contributed by atoms with Crippen LogP contribution in [0.2, 0.25) is 0 Å². The number of nitriles is 1. The molecule has 0 bridgehead atoms. The maximum absolute atomic E-state index is 11.3. The molecule has 0 N–H and O–H groups in total. The van der Waals surface area contributed by atoms with Gasteiger partial charge in [-0.2, -0.15) is 5.26 Å². The van der Waals surface area contributed by atoms with Gasteiger partial charge in [-0.1, -0.05) is 24.3 Å². The number of rotatable bonds is 3. The Bertz CT molecular complexity index is 338. The van der Waals surface area contributed by atoms with E-state index >= 15 is 0 Å². The molecule has 0 amide bonds. The van der Waals surface area contributed by atoms with Crippen LogP contribution in [0.25, 0.3) is 0 Å². The third-order valence-electron chi connectivity index (χ3n) is 2.60. The van der Waals surface area contributed by atoms with Gasteiger partial charge in [0.05, 0.1) is 24.5 Å². The van der Waals surface area contributed by atoms with Crippen molar-refractivity contribution in [2.45, 2.75) is 20.3 Å². The van der Waals surface area contributed by atoms with Gasteiger partial charge >= 0.3 is 5.97 Å². The van der Waals surface area contributed by atoms with Gasteiger partial charge < -0.3 is 4.74 Å². The first kappa shape index (κ1) is 11.5. The summed E-state index contributed by atoms with van der Waals surface area (Å²) in [6, 6.07) is 2.23. The summed E-state index contributed by atoms with van der Waals surface area (Å²) in [7, 11) is 0. The lowest BCUT2D eigenvalue weighted by Crippen LogP contribution is -2.26. The third-order valence-corrected chi connectivity index (χ3v) is 2.60. The Kier molecular flexibility index (Phi) is 3.68. The summed E-state index contributed by atoms with van der Waals surface area (Å²) < 4.78 is 4.88. The van der Waals surface area contributed by atoms with Gasteiger partial charge in [0.25, 0.3) is 0 Å². The number of carbonyl (C=O) groups is 1. The fraction of sp³-hybridized carbons (Fsp3) is 0.500. The molecule has 80 valence electrons. The van der Waals surface area contributed by atoms with Crippen molar-refractivity contribution in [3.63, 3.8) is 0 Å². The Balaban J connectivity index is 2.69. The molecule has 0 saturated heterocycles. The molecular formula is C12H15NO2. The minimum Gasteiger partial charge on any atom is -0.466 e. The quantitative estimate of drug-likeness (QED) is 0.664. The van der Waals surface area contributed by atoms with Crippen molar-refractivity contribution >= 4 is 5.97 Å². The topological polar surface area (TPSA) is 50.1 Å². The fourth-order valence-electron chi connectivity index (χ4n) is 1.58. The van der Waals surface area contributed by atoms with Crippen LogP contribution in [-0.4, -0.2) is 12.6 Å². The molecule has 2 unspecified atom stereocenters. The lowest BCUT2D eigenvalue weighted by atomic mass is 9.74. The van der Waals surface area contributed by atoms with Crippen LogP contribution >= 0.6 is 0 Å². The van der Waals surface area contributed by atoms with E-state index in [1.54, 1.807) is 6.92 Å². The second kappa shape index (κ2) is 4.79. The smallest absolute Gasteiger partial charge is 0.306 e. The predicted octanol–water partition coefficient (Wildman–Crippen LogP) is 2.21. The summed E-state index contributed by atoms with van der Waals surface area (Å²) in [4.78, 5) is 11.3. The molecule has 0 aromatic heterocycles. The Morgan fingerprint density at radius 1 is 1.60 bits per heavy atom. The van der Waals surface area contributed by atoms with Crippen molar-refractivity contribution in [1.82, 2.24) is 0 Å². The van der Waals surface area contributed by atoms with E-state index in [1.165, 1.54) is 0 Å². The van der Waals surface area contributed by atoms with Crippen LogP contribution in [0, 0.1) is 22.7 Å². The highest BCUT2D eigenvalue weighted by Crippen LogP contribution is 2.34. The summed E-state index contributed by atoms with van der Waals surface area (Å²) in [5.74, 6) is -0.338. The zero-order valence-electron chi connectivity index (χ0n) is 9.06. The van der Waals surface area contributed by atoms with Gasteiger partial charge in [-0.25, -0.2) is 0 Å². The first-order chi connectivity index (χ1) is 7.12. The highest BCUT2D eigenvalue weighted by Gasteiger charge is 2.33. The van der Waals surface area contributed by atoms with E-state index in [4.69, 9.17) is 10.00 Å². The van der Waals surface area contributed by atoms with Gasteiger partial charge in [0.15, 0.2) is 0 Å². The zero-order chi connectivity index (χ0) is 11.3. The highest BCUT2D eigenvalue weighted by molar-refractivity contribution is 5.70. The molecule has 0 heterocycles. The molecule has 1 rings (SSSR count). The first-order valence-electron chi connectivity index (χ1n) is 5.05. The monoisotopic (exact) mass is 205 g/mol. The van der Waals surface area contributed by atoms with Crippen LogP contribution in [0.3, 0.4) is 0 Å². The van der Waals surface area contributed by atoms with Crippen LogP contribution in [0.1, 0.15) is 20.3 Å². The van der Waals surface area contributed by atoms with E-state index in [0.29, 0.717) is 6.61 Å². The summed E-state index contributed by atoms with van der Waals surface area (Å²) >= 11 is 0. The molecule has 1 aliphatic carbocycles. The van der Waals surface area contributed by atoms with Gasteiger partial charge in [-0.05, 0) is 13.8 Å². The first-order valence-corrected chi connectivity index (χ1v) is 5.05.